The average molecular weight is 219 g/mol. The monoisotopic (exact) mass is 219 g/mol. The molecule has 1 aromatic rings. The number of aldehydes is 1. The van der Waals surface area contributed by atoms with Gasteiger partial charge in [-0.05, 0) is 43.7 Å². The largest absolute Gasteiger partial charge is 0.493 e. The van der Waals surface area contributed by atoms with Crippen LogP contribution in [0, 0.1) is 5.92 Å². The van der Waals surface area contributed by atoms with Crippen molar-refractivity contribution < 1.29 is 9.53 Å². The maximum atomic E-state index is 10.5. The second kappa shape index (κ2) is 5.66. The van der Waals surface area contributed by atoms with Crippen LogP contribution in [0.15, 0.2) is 24.3 Å². The first-order chi connectivity index (χ1) is 7.88. The maximum absolute atomic E-state index is 10.5. The number of rotatable bonds is 4. The molecule has 16 heavy (non-hydrogen) atoms. The number of carbonyl (C=O) groups excluding carboxylic acids is 1. The van der Waals surface area contributed by atoms with E-state index in [1.807, 2.05) is 12.1 Å². The van der Waals surface area contributed by atoms with E-state index < -0.39 is 0 Å². The lowest BCUT2D eigenvalue weighted by Gasteiger charge is -2.22. The summed E-state index contributed by atoms with van der Waals surface area (Å²) in [6, 6.07) is 7.25. The van der Waals surface area contributed by atoms with Gasteiger partial charge >= 0.3 is 0 Å². The van der Waals surface area contributed by atoms with E-state index in [-0.39, 0.29) is 0 Å². The lowest BCUT2D eigenvalue weighted by molar-refractivity contribution is 0.112. The van der Waals surface area contributed by atoms with Crippen LogP contribution in [0.3, 0.4) is 0 Å². The van der Waals surface area contributed by atoms with Crippen LogP contribution < -0.4 is 10.1 Å². The van der Waals surface area contributed by atoms with Crippen molar-refractivity contribution in [3.05, 3.63) is 29.8 Å². The molecule has 0 spiro atoms. The van der Waals surface area contributed by atoms with Crippen molar-refractivity contribution in [2.75, 3.05) is 19.7 Å². The van der Waals surface area contributed by atoms with Crippen LogP contribution >= 0.6 is 0 Å². The molecule has 1 aromatic carbocycles. The van der Waals surface area contributed by atoms with Gasteiger partial charge in [-0.2, -0.15) is 0 Å². The summed E-state index contributed by atoms with van der Waals surface area (Å²) in [7, 11) is 0. The molecule has 0 saturated carbocycles. The van der Waals surface area contributed by atoms with Crippen LogP contribution in [-0.2, 0) is 0 Å². The van der Waals surface area contributed by atoms with Gasteiger partial charge in [-0.3, -0.25) is 4.79 Å². The van der Waals surface area contributed by atoms with E-state index in [0.29, 0.717) is 11.5 Å². The zero-order valence-corrected chi connectivity index (χ0v) is 9.32. The molecule has 1 unspecified atom stereocenters. The predicted molar refractivity (Wildman–Crippen MR) is 62.9 cm³/mol. The standard InChI is InChI=1S/C13H17NO2/c15-9-11-3-5-13(6-4-11)16-10-12-2-1-7-14-8-12/h3-6,9,12,14H,1-2,7-8,10H2. The molecule has 1 N–H and O–H groups in total. The van der Waals surface area contributed by atoms with Gasteiger partial charge in [0, 0.05) is 18.0 Å². The van der Waals surface area contributed by atoms with E-state index in [2.05, 4.69) is 5.32 Å². The summed E-state index contributed by atoms with van der Waals surface area (Å²) >= 11 is 0. The van der Waals surface area contributed by atoms with Crippen LogP contribution in [0.2, 0.25) is 0 Å². The number of nitrogens with one attached hydrogen (secondary N) is 1. The fourth-order valence-electron chi connectivity index (χ4n) is 1.92. The molecule has 1 saturated heterocycles. The van der Waals surface area contributed by atoms with Crippen LogP contribution in [0.1, 0.15) is 23.2 Å². The van der Waals surface area contributed by atoms with Crippen LogP contribution in [0.4, 0.5) is 0 Å². The van der Waals surface area contributed by atoms with Crippen molar-refractivity contribution in [3.63, 3.8) is 0 Å². The minimum Gasteiger partial charge on any atom is -0.493 e. The first kappa shape index (κ1) is 11.1. The first-order valence-corrected chi connectivity index (χ1v) is 5.77. The summed E-state index contributed by atoms with van der Waals surface area (Å²) in [5, 5.41) is 3.36. The molecule has 0 aliphatic carbocycles. The molecule has 3 heteroatoms. The zero-order chi connectivity index (χ0) is 11.2. The molecular formula is C13H17NO2. The quantitative estimate of drug-likeness (QED) is 0.786. The Labute approximate surface area is 95.8 Å². The Bertz CT molecular complexity index is 328. The molecule has 0 radical (unpaired) electrons. The van der Waals surface area contributed by atoms with Gasteiger partial charge in [0.25, 0.3) is 0 Å². The van der Waals surface area contributed by atoms with Gasteiger partial charge in [0.15, 0.2) is 0 Å². The van der Waals surface area contributed by atoms with Gasteiger partial charge in [-0.25, -0.2) is 0 Å². The summed E-state index contributed by atoms with van der Waals surface area (Å²) in [5.41, 5.74) is 0.687. The highest BCUT2D eigenvalue weighted by Crippen LogP contribution is 2.15. The maximum Gasteiger partial charge on any atom is 0.150 e. The Morgan fingerprint density at radius 3 is 2.81 bits per heavy atom. The molecule has 1 fully saturated rings. The Morgan fingerprint density at radius 1 is 1.38 bits per heavy atom. The fourth-order valence-corrected chi connectivity index (χ4v) is 1.92. The second-order valence-electron chi connectivity index (χ2n) is 4.21. The number of carbonyl (C=O) groups is 1. The number of hydrogen-bond donors (Lipinski definition) is 1. The van der Waals surface area contributed by atoms with Gasteiger partial charge in [-0.1, -0.05) is 0 Å². The highest BCUT2D eigenvalue weighted by Gasteiger charge is 2.13. The Morgan fingerprint density at radius 2 is 2.19 bits per heavy atom. The van der Waals surface area contributed by atoms with Gasteiger partial charge in [0.05, 0.1) is 6.61 Å². The zero-order valence-electron chi connectivity index (χ0n) is 9.32. The highest BCUT2D eigenvalue weighted by molar-refractivity contribution is 5.74. The molecule has 1 heterocycles. The lowest BCUT2D eigenvalue weighted by Crippen LogP contribution is -2.33. The molecular weight excluding hydrogens is 202 g/mol. The van der Waals surface area contributed by atoms with E-state index in [4.69, 9.17) is 4.74 Å². The molecule has 3 nitrogen and oxygen atoms in total. The van der Waals surface area contributed by atoms with E-state index in [1.165, 1.54) is 12.8 Å². The highest BCUT2D eigenvalue weighted by atomic mass is 16.5. The Kier molecular flexibility index (Phi) is 3.94. The molecule has 2 rings (SSSR count). The van der Waals surface area contributed by atoms with Crippen molar-refractivity contribution >= 4 is 6.29 Å². The van der Waals surface area contributed by atoms with Gasteiger partial charge in [0.1, 0.15) is 12.0 Å². The number of benzene rings is 1. The van der Waals surface area contributed by atoms with Crippen molar-refractivity contribution in [2.24, 2.45) is 5.92 Å². The Hall–Kier alpha value is -1.35. The van der Waals surface area contributed by atoms with Gasteiger partial charge in [0.2, 0.25) is 0 Å². The minimum atomic E-state index is 0.611. The third-order valence-corrected chi connectivity index (χ3v) is 2.90. The van der Waals surface area contributed by atoms with E-state index in [1.54, 1.807) is 12.1 Å². The molecule has 1 aliphatic rings. The van der Waals surface area contributed by atoms with Gasteiger partial charge in [-0.15, -0.1) is 0 Å². The number of piperidine rings is 1. The van der Waals surface area contributed by atoms with Crippen molar-refractivity contribution in [2.45, 2.75) is 12.8 Å². The topological polar surface area (TPSA) is 38.3 Å². The number of ether oxygens (including phenoxy) is 1. The van der Waals surface area contributed by atoms with Gasteiger partial charge < -0.3 is 10.1 Å². The minimum absolute atomic E-state index is 0.611. The molecule has 0 bridgehead atoms. The third kappa shape index (κ3) is 3.07. The summed E-state index contributed by atoms with van der Waals surface area (Å²) in [5.74, 6) is 1.45. The molecule has 0 aromatic heterocycles. The van der Waals surface area contributed by atoms with Crippen LogP contribution in [-0.4, -0.2) is 26.0 Å². The normalized spacial score (nSPS) is 20.4. The SMILES string of the molecule is O=Cc1ccc(OCC2CCCNC2)cc1. The summed E-state index contributed by atoms with van der Waals surface area (Å²) < 4.78 is 5.69. The molecule has 0 amide bonds. The van der Waals surface area contributed by atoms with Crippen LogP contribution in [0.25, 0.3) is 0 Å². The van der Waals surface area contributed by atoms with Crippen molar-refractivity contribution in [1.82, 2.24) is 5.32 Å². The van der Waals surface area contributed by atoms with E-state index in [0.717, 1.165) is 31.7 Å². The molecule has 86 valence electrons. The summed E-state index contributed by atoms with van der Waals surface area (Å²) in [6.45, 7) is 2.93. The average Bonchev–Trinajstić information content (AvgIpc) is 2.38. The Balaban J connectivity index is 1.81. The number of hydrogen-bond acceptors (Lipinski definition) is 3. The van der Waals surface area contributed by atoms with E-state index in [9.17, 15) is 4.79 Å². The molecule has 1 aliphatic heterocycles. The smallest absolute Gasteiger partial charge is 0.150 e. The van der Waals surface area contributed by atoms with Crippen molar-refractivity contribution in [1.29, 1.82) is 0 Å². The molecule has 1 atom stereocenters. The van der Waals surface area contributed by atoms with Crippen molar-refractivity contribution in [3.8, 4) is 5.75 Å². The second-order valence-corrected chi connectivity index (χ2v) is 4.21. The summed E-state index contributed by atoms with van der Waals surface area (Å²) in [4.78, 5) is 10.5. The third-order valence-electron chi connectivity index (χ3n) is 2.90. The van der Waals surface area contributed by atoms with Crippen LogP contribution in [0.5, 0.6) is 5.75 Å². The lowest BCUT2D eigenvalue weighted by atomic mass is 10.0. The van der Waals surface area contributed by atoms with E-state index >= 15 is 0 Å². The first-order valence-electron chi connectivity index (χ1n) is 5.77. The predicted octanol–water partition coefficient (Wildman–Crippen LogP) is 1.88. The summed E-state index contributed by atoms with van der Waals surface area (Å²) in [6.07, 6.45) is 3.31. The fraction of sp³-hybridized carbons (Fsp3) is 0.462.